The Balaban J connectivity index is 1.76. The fraction of sp³-hybridized carbons (Fsp3) is 0.333. The monoisotopic (exact) mass is 407 g/mol. The normalized spacial score (nSPS) is 19.0. The molecule has 0 amide bonds. The van der Waals surface area contributed by atoms with Crippen LogP contribution in [-0.4, -0.2) is 19.2 Å². The minimum Gasteiger partial charge on any atom is -0.269 e. The third-order valence-corrected chi connectivity index (χ3v) is 4.96. The lowest BCUT2D eigenvalue weighted by Crippen LogP contribution is -2.20. The maximum Gasteiger partial charge on any atom is 0.435 e. The lowest BCUT2D eigenvalue weighted by Gasteiger charge is -2.11. The molecule has 0 spiro atoms. The Morgan fingerprint density at radius 3 is 2.68 bits per heavy atom. The Hall–Kier alpha value is -2.86. The van der Waals surface area contributed by atoms with Crippen molar-refractivity contribution in [3.63, 3.8) is 0 Å². The number of halogens is 4. The van der Waals surface area contributed by atoms with Crippen molar-refractivity contribution in [3.8, 4) is 6.07 Å². The maximum atomic E-state index is 12.8. The number of hydrogen-bond donors (Lipinski definition) is 0. The van der Waals surface area contributed by atoms with Crippen LogP contribution < -0.4 is 5.56 Å². The van der Waals surface area contributed by atoms with Gasteiger partial charge in [-0.05, 0) is 31.0 Å². The van der Waals surface area contributed by atoms with Gasteiger partial charge in [-0.3, -0.25) is 9.20 Å². The highest BCUT2D eigenvalue weighted by Crippen LogP contribution is 2.46. The summed E-state index contributed by atoms with van der Waals surface area (Å²) in [6.07, 6.45) is -3.93. The van der Waals surface area contributed by atoms with Crippen LogP contribution in [0.15, 0.2) is 29.1 Å². The summed E-state index contributed by atoms with van der Waals surface area (Å²) in [7, 11) is 0. The molecule has 28 heavy (non-hydrogen) atoms. The van der Waals surface area contributed by atoms with E-state index in [2.05, 4.69) is 16.2 Å². The molecule has 3 aromatic heterocycles. The Bertz CT molecular complexity index is 1190. The molecule has 3 heterocycles. The van der Waals surface area contributed by atoms with Crippen molar-refractivity contribution < 1.29 is 13.2 Å². The summed E-state index contributed by atoms with van der Waals surface area (Å²) in [6, 6.07) is 7.75. The van der Waals surface area contributed by atoms with Crippen molar-refractivity contribution in [2.45, 2.75) is 32.0 Å². The number of nitriles is 1. The predicted molar refractivity (Wildman–Crippen MR) is 94.0 cm³/mol. The summed E-state index contributed by atoms with van der Waals surface area (Å²) in [4.78, 5) is 17.1. The van der Waals surface area contributed by atoms with E-state index in [-0.39, 0.29) is 34.8 Å². The van der Waals surface area contributed by atoms with Crippen LogP contribution in [-0.2, 0) is 12.7 Å². The van der Waals surface area contributed by atoms with Crippen LogP contribution in [0.3, 0.4) is 0 Å². The zero-order chi connectivity index (χ0) is 20.2. The van der Waals surface area contributed by atoms with Gasteiger partial charge in [-0.1, -0.05) is 11.6 Å². The first-order chi connectivity index (χ1) is 13.2. The van der Waals surface area contributed by atoms with Gasteiger partial charge in [0, 0.05) is 23.7 Å². The Morgan fingerprint density at radius 1 is 1.32 bits per heavy atom. The minimum absolute atomic E-state index is 0.0207. The van der Waals surface area contributed by atoms with Crippen molar-refractivity contribution in [1.29, 1.82) is 5.26 Å². The SMILES string of the molecule is Cc1cc([C@H]2CC2C#N)n2c(=O)cc(Cn3nc(C(F)(F)F)cc3Cl)nc2c1. The van der Waals surface area contributed by atoms with Gasteiger partial charge in [0.2, 0.25) is 0 Å². The molecule has 0 radical (unpaired) electrons. The summed E-state index contributed by atoms with van der Waals surface area (Å²) in [5.74, 6) is -0.145. The fourth-order valence-electron chi connectivity index (χ4n) is 3.26. The first-order valence-corrected chi connectivity index (χ1v) is 8.78. The summed E-state index contributed by atoms with van der Waals surface area (Å²) in [6.45, 7) is 1.68. The molecule has 1 unspecified atom stereocenters. The van der Waals surface area contributed by atoms with Crippen molar-refractivity contribution in [2.75, 3.05) is 0 Å². The van der Waals surface area contributed by atoms with Gasteiger partial charge in [0.05, 0.1) is 24.2 Å². The van der Waals surface area contributed by atoms with E-state index in [4.69, 9.17) is 16.9 Å². The fourth-order valence-corrected chi connectivity index (χ4v) is 3.47. The molecule has 4 rings (SSSR count). The number of fused-ring (bicyclic) bond motifs is 1. The maximum absolute atomic E-state index is 12.8. The quantitative estimate of drug-likeness (QED) is 0.665. The number of aryl methyl sites for hydroxylation is 1. The van der Waals surface area contributed by atoms with E-state index in [1.165, 1.54) is 10.5 Å². The largest absolute Gasteiger partial charge is 0.435 e. The first-order valence-electron chi connectivity index (χ1n) is 8.41. The third-order valence-electron chi connectivity index (χ3n) is 4.66. The van der Waals surface area contributed by atoms with Gasteiger partial charge >= 0.3 is 6.18 Å². The second-order valence-electron chi connectivity index (χ2n) is 6.82. The van der Waals surface area contributed by atoms with E-state index in [0.717, 1.165) is 22.0 Å². The van der Waals surface area contributed by atoms with Gasteiger partial charge in [-0.2, -0.15) is 23.5 Å². The number of rotatable bonds is 3. The smallest absolute Gasteiger partial charge is 0.269 e. The van der Waals surface area contributed by atoms with Crippen LogP contribution >= 0.6 is 11.6 Å². The molecular formula is C18H13ClF3N5O. The van der Waals surface area contributed by atoms with E-state index in [9.17, 15) is 18.0 Å². The molecule has 144 valence electrons. The summed E-state index contributed by atoms with van der Waals surface area (Å²) in [5, 5.41) is 12.3. The zero-order valence-corrected chi connectivity index (χ0v) is 15.3. The molecule has 1 saturated carbocycles. The predicted octanol–water partition coefficient (Wildman–Crippen LogP) is 3.55. The molecule has 6 nitrogen and oxygen atoms in total. The van der Waals surface area contributed by atoms with Crippen LogP contribution in [0.5, 0.6) is 0 Å². The van der Waals surface area contributed by atoms with E-state index in [0.29, 0.717) is 12.1 Å². The van der Waals surface area contributed by atoms with Crippen LogP contribution in [0, 0.1) is 24.2 Å². The van der Waals surface area contributed by atoms with Crippen LogP contribution in [0.25, 0.3) is 5.65 Å². The molecule has 1 fully saturated rings. The van der Waals surface area contributed by atoms with Crippen LogP contribution in [0.2, 0.25) is 5.15 Å². The number of alkyl halides is 3. The van der Waals surface area contributed by atoms with Gasteiger partial charge < -0.3 is 0 Å². The standard InChI is InChI=1S/C18H13ClF3N5O/c1-9-2-13(12-4-10(12)7-23)27-16(3-9)24-11(5-17(27)28)8-26-15(19)6-14(25-26)18(20,21)22/h2-3,5-6,10,12H,4,8H2,1H3/t10?,12-/m0/s1. The van der Waals surface area contributed by atoms with Crippen molar-refractivity contribution >= 4 is 17.2 Å². The molecule has 1 aliphatic rings. The lowest BCUT2D eigenvalue weighted by atomic mass is 10.1. The Labute approximate surface area is 161 Å². The Kier molecular flexibility index (Phi) is 4.19. The third kappa shape index (κ3) is 3.24. The number of hydrogen-bond acceptors (Lipinski definition) is 4. The van der Waals surface area contributed by atoms with Crippen molar-refractivity contribution in [2.24, 2.45) is 5.92 Å². The average molecular weight is 408 g/mol. The number of nitrogens with zero attached hydrogens (tertiary/aromatic N) is 5. The highest BCUT2D eigenvalue weighted by molar-refractivity contribution is 6.29. The van der Waals surface area contributed by atoms with Gasteiger partial charge in [-0.25, -0.2) is 9.67 Å². The zero-order valence-electron chi connectivity index (χ0n) is 14.5. The van der Waals surface area contributed by atoms with Gasteiger partial charge in [0.1, 0.15) is 10.8 Å². The van der Waals surface area contributed by atoms with Crippen molar-refractivity contribution in [1.82, 2.24) is 19.2 Å². The molecule has 2 atom stereocenters. The summed E-state index contributed by atoms with van der Waals surface area (Å²) in [5.41, 5.74) is 0.747. The highest BCUT2D eigenvalue weighted by atomic mass is 35.5. The van der Waals surface area contributed by atoms with Gasteiger partial charge in [0.15, 0.2) is 5.69 Å². The molecule has 0 bridgehead atoms. The van der Waals surface area contributed by atoms with E-state index >= 15 is 0 Å². The Morgan fingerprint density at radius 2 is 2.07 bits per heavy atom. The molecule has 0 N–H and O–H groups in total. The number of pyridine rings is 1. The van der Waals surface area contributed by atoms with E-state index in [1.54, 1.807) is 6.07 Å². The van der Waals surface area contributed by atoms with Gasteiger partial charge in [-0.15, -0.1) is 0 Å². The molecule has 0 saturated heterocycles. The molecule has 3 aromatic rings. The lowest BCUT2D eigenvalue weighted by molar-refractivity contribution is -0.141. The topological polar surface area (TPSA) is 76.0 Å². The molecule has 1 aliphatic carbocycles. The van der Waals surface area contributed by atoms with Gasteiger partial charge in [0.25, 0.3) is 5.56 Å². The first kappa shape index (κ1) is 18.5. The second kappa shape index (κ2) is 6.34. The second-order valence-corrected chi connectivity index (χ2v) is 7.21. The van der Waals surface area contributed by atoms with E-state index in [1.807, 2.05) is 13.0 Å². The summed E-state index contributed by atoms with van der Waals surface area (Å²) < 4.78 is 40.8. The van der Waals surface area contributed by atoms with Crippen LogP contribution in [0.4, 0.5) is 13.2 Å². The van der Waals surface area contributed by atoms with Crippen LogP contribution in [0.1, 0.15) is 35.0 Å². The summed E-state index contributed by atoms with van der Waals surface area (Å²) >= 11 is 5.85. The molecule has 0 aliphatic heterocycles. The average Bonchev–Trinajstić information content (AvgIpc) is 3.29. The van der Waals surface area contributed by atoms with Crippen molar-refractivity contribution in [3.05, 3.63) is 62.4 Å². The highest BCUT2D eigenvalue weighted by Gasteiger charge is 2.40. The minimum atomic E-state index is -4.61. The molecule has 10 heteroatoms. The molecular weight excluding hydrogens is 395 g/mol. The number of aromatic nitrogens is 4. The molecule has 0 aromatic carbocycles. The van der Waals surface area contributed by atoms with E-state index < -0.39 is 11.9 Å².